The van der Waals surface area contributed by atoms with Crippen molar-refractivity contribution < 1.29 is 0 Å². The lowest BCUT2D eigenvalue weighted by Crippen LogP contribution is -2.38. The second-order valence-electron chi connectivity index (χ2n) is 4.56. The van der Waals surface area contributed by atoms with Crippen LogP contribution in [-0.2, 0) is 13.6 Å². The van der Waals surface area contributed by atoms with Crippen LogP contribution in [-0.4, -0.2) is 44.6 Å². The van der Waals surface area contributed by atoms with Gasteiger partial charge in [0.25, 0.3) is 5.56 Å². The number of aryl methyl sites for hydroxylation is 1. The Bertz CT molecular complexity index is 670. The van der Waals surface area contributed by atoms with Crippen molar-refractivity contribution in [1.29, 1.82) is 0 Å². The van der Waals surface area contributed by atoms with E-state index in [9.17, 15) is 9.59 Å². The van der Waals surface area contributed by atoms with E-state index >= 15 is 0 Å². The predicted octanol–water partition coefficient (Wildman–Crippen LogP) is -0.203. The summed E-state index contributed by atoms with van der Waals surface area (Å²) in [7, 11) is 5.44. The van der Waals surface area contributed by atoms with Crippen molar-refractivity contribution in [2.45, 2.75) is 13.0 Å². The molecule has 7 nitrogen and oxygen atoms in total. The predicted molar refractivity (Wildman–Crippen MR) is 76.0 cm³/mol. The highest BCUT2D eigenvalue weighted by molar-refractivity contribution is 5.85. The van der Waals surface area contributed by atoms with E-state index in [1.807, 2.05) is 14.1 Å². The summed E-state index contributed by atoms with van der Waals surface area (Å²) < 4.78 is 2.65. The summed E-state index contributed by atoms with van der Waals surface area (Å²) in [4.78, 5) is 32.7. The van der Waals surface area contributed by atoms with E-state index in [1.54, 1.807) is 0 Å². The molecule has 0 aliphatic heterocycles. The smallest absolute Gasteiger partial charge is 0.332 e. The van der Waals surface area contributed by atoms with E-state index in [0.29, 0.717) is 17.7 Å². The lowest BCUT2D eigenvalue weighted by molar-refractivity contribution is 0.384. The lowest BCUT2D eigenvalue weighted by atomic mass is 10.4. The monoisotopic (exact) mass is 287 g/mol. The summed E-state index contributed by atoms with van der Waals surface area (Å²) in [5.41, 5.74) is 0.151. The van der Waals surface area contributed by atoms with Crippen molar-refractivity contribution in [2.24, 2.45) is 7.05 Å². The molecule has 0 aliphatic rings. The summed E-state index contributed by atoms with van der Waals surface area (Å²) >= 11 is 0. The van der Waals surface area contributed by atoms with Gasteiger partial charge in [-0.25, -0.2) is 9.78 Å². The second kappa shape index (κ2) is 6.03. The maximum atomic E-state index is 12.0. The largest absolute Gasteiger partial charge is 0.339 e. The molecule has 2 aromatic rings. The highest BCUT2D eigenvalue weighted by Gasteiger charge is 2.12. The van der Waals surface area contributed by atoms with Gasteiger partial charge in [0, 0.05) is 13.6 Å². The number of hydrogen-bond acceptors (Lipinski definition) is 4. The molecule has 0 amide bonds. The van der Waals surface area contributed by atoms with Gasteiger partial charge in [0.1, 0.15) is 5.52 Å². The maximum Gasteiger partial charge on any atom is 0.332 e. The molecule has 0 atom stereocenters. The Morgan fingerprint density at radius 1 is 1.37 bits per heavy atom. The first kappa shape index (κ1) is 15.5. The number of aromatic nitrogens is 4. The van der Waals surface area contributed by atoms with Crippen molar-refractivity contribution in [3.05, 3.63) is 27.2 Å². The van der Waals surface area contributed by atoms with Crippen molar-refractivity contribution in [1.82, 2.24) is 24.0 Å². The highest BCUT2D eigenvalue weighted by Crippen LogP contribution is 2.01. The fraction of sp³-hybridized carbons (Fsp3) is 0.545. The zero-order valence-electron chi connectivity index (χ0n) is 11.2. The maximum absolute atomic E-state index is 12.0. The van der Waals surface area contributed by atoms with E-state index in [-0.39, 0.29) is 23.7 Å². The number of aromatic amines is 1. The first-order valence-corrected chi connectivity index (χ1v) is 5.80. The van der Waals surface area contributed by atoms with Crippen LogP contribution in [0.5, 0.6) is 0 Å². The topological polar surface area (TPSA) is 75.9 Å². The molecule has 106 valence electrons. The Morgan fingerprint density at radius 3 is 2.68 bits per heavy atom. The molecule has 0 radical (unpaired) electrons. The number of nitrogens with one attached hydrogen (secondary N) is 1. The van der Waals surface area contributed by atoms with E-state index in [4.69, 9.17) is 0 Å². The van der Waals surface area contributed by atoms with E-state index in [0.717, 1.165) is 17.5 Å². The molecular weight excluding hydrogens is 270 g/mol. The minimum Gasteiger partial charge on any atom is -0.339 e. The summed E-state index contributed by atoms with van der Waals surface area (Å²) in [5.74, 6) is 0. The van der Waals surface area contributed by atoms with Gasteiger partial charge < -0.3 is 9.88 Å². The minimum absolute atomic E-state index is 0. The van der Waals surface area contributed by atoms with Gasteiger partial charge in [-0.2, -0.15) is 0 Å². The molecule has 0 unspecified atom stereocenters. The summed E-state index contributed by atoms with van der Waals surface area (Å²) in [6.07, 6.45) is 2.26. The number of rotatable bonds is 4. The quantitative estimate of drug-likeness (QED) is 0.845. The summed E-state index contributed by atoms with van der Waals surface area (Å²) in [6, 6.07) is 0. The lowest BCUT2D eigenvalue weighted by Gasteiger charge is -2.11. The normalized spacial score (nSPS) is 10.9. The summed E-state index contributed by atoms with van der Waals surface area (Å²) in [6.45, 7) is 1.42. The van der Waals surface area contributed by atoms with E-state index < -0.39 is 0 Å². The van der Waals surface area contributed by atoms with Crippen LogP contribution in [0.25, 0.3) is 11.2 Å². The SMILES string of the molecule is CN(C)CCCn1c(=O)n(C)c(=O)c2[nH]cnc21.Cl. The molecule has 0 aromatic carbocycles. The van der Waals surface area contributed by atoms with Crippen LogP contribution in [0.4, 0.5) is 0 Å². The highest BCUT2D eigenvalue weighted by atomic mass is 35.5. The number of imidazole rings is 1. The molecule has 19 heavy (non-hydrogen) atoms. The molecule has 8 heteroatoms. The third-order valence-corrected chi connectivity index (χ3v) is 2.90. The van der Waals surface area contributed by atoms with Crippen molar-refractivity contribution in [3.63, 3.8) is 0 Å². The molecule has 0 saturated heterocycles. The Kier molecular flexibility index (Phi) is 4.90. The van der Waals surface area contributed by atoms with Gasteiger partial charge in [-0.1, -0.05) is 0 Å². The van der Waals surface area contributed by atoms with Crippen LogP contribution < -0.4 is 11.2 Å². The van der Waals surface area contributed by atoms with Gasteiger partial charge >= 0.3 is 5.69 Å². The fourth-order valence-electron chi connectivity index (χ4n) is 1.92. The molecule has 1 N–H and O–H groups in total. The van der Waals surface area contributed by atoms with Crippen molar-refractivity contribution >= 4 is 23.6 Å². The zero-order valence-corrected chi connectivity index (χ0v) is 12.0. The third kappa shape index (κ3) is 2.87. The van der Waals surface area contributed by atoms with Crippen molar-refractivity contribution in [2.75, 3.05) is 20.6 Å². The van der Waals surface area contributed by atoms with Gasteiger partial charge in [-0.05, 0) is 27.1 Å². The molecule has 2 heterocycles. The number of H-pyrrole nitrogens is 1. The molecule has 0 bridgehead atoms. The molecule has 0 saturated carbocycles. The molecular formula is C11H18ClN5O2. The van der Waals surface area contributed by atoms with Gasteiger partial charge in [0.05, 0.1) is 6.33 Å². The zero-order chi connectivity index (χ0) is 13.3. The van der Waals surface area contributed by atoms with Crippen LogP contribution in [0.3, 0.4) is 0 Å². The first-order valence-electron chi connectivity index (χ1n) is 5.80. The standard InChI is InChI=1S/C11H17N5O2.ClH/c1-14(2)5-4-6-16-9-8(12-7-13-9)10(17)15(3)11(16)18;/h7H,4-6H2,1-3H3,(H,12,13);1H. The van der Waals surface area contributed by atoms with Gasteiger partial charge in [0.15, 0.2) is 5.65 Å². The first-order chi connectivity index (χ1) is 8.52. The Balaban J connectivity index is 0.00000180. The average Bonchev–Trinajstić information content (AvgIpc) is 2.79. The molecule has 0 aliphatic carbocycles. The molecule has 0 spiro atoms. The van der Waals surface area contributed by atoms with Gasteiger partial charge in [0.2, 0.25) is 0 Å². The van der Waals surface area contributed by atoms with Crippen LogP contribution in [0, 0.1) is 0 Å². The van der Waals surface area contributed by atoms with Crippen LogP contribution >= 0.6 is 12.4 Å². The van der Waals surface area contributed by atoms with Crippen LogP contribution in [0.15, 0.2) is 15.9 Å². The van der Waals surface area contributed by atoms with E-state index in [1.165, 1.54) is 17.9 Å². The molecule has 2 aromatic heterocycles. The second-order valence-corrected chi connectivity index (χ2v) is 4.56. The average molecular weight is 288 g/mol. The van der Waals surface area contributed by atoms with Gasteiger partial charge in [-0.3, -0.25) is 13.9 Å². The number of fused-ring (bicyclic) bond motifs is 1. The number of halogens is 1. The van der Waals surface area contributed by atoms with Gasteiger partial charge in [-0.15, -0.1) is 12.4 Å². The van der Waals surface area contributed by atoms with Crippen LogP contribution in [0.2, 0.25) is 0 Å². The Morgan fingerprint density at radius 2 is 2.05 bits per heavy atom. The fourth-order valence-corrected chi connectivity index (χ4v) is 1.92. The number of nitrogens with zero attached hydrogens (tertiary/aromatic N) is 4. The Labute approximate surface area is 116 Å². The van der Waals surface area contributed by atoms with Crippen LogP contribution in [0.1, 0.15) is 6.42 Å². The molecule has 0 fully saturated rings. The van der Waals surface area contributed by atoms with E-state index in [2.05, 4.69) is 14.9 Å². The number of hydrogen-bond donors (Lipinski definition) is 1. The minimum atomic E-state index is -0.337. The molecule has 2 rings (SSSR count). The van der Waals surface area contributed by atoms with Crippen molar-refractivity contribution in [3.8, 4) is 0 Å². The Hall–Kier alpha value is -1.60. The summed E-state index contributed by atoms with van der Waals surface area (Å²) in [5, 5.41) is 0. The third-order valence-electron chi connectivity index (χ3n) is 2.90.